The van der Waals surface area contributed by atoms with Crippen LogP contribution < -0.4 is 4.72 Å². The summed E-state index contributed by atoms with van der Waals surface area (Å²) in [5.41, 5.74) is 3.39. The van der Waals surface area contributed by atoms with Crippen LogP contribution in [0.15, 0.2) is 12.1 Å². The molecule has 0 heterocycles. The number of carboxylic acid groups (broad SMARTS) is 1. The lowest BCUT2D eigenvalue weighted by atomic mass is 10.1. The number of rotatable bonds is 5. The Morgan fingerprint density at radius 1 is 1.17 bits per heavy atom. The van der Waals surface area contributed by atoms with E-state index in [9.17, 15) is 13.2 Å². The van der Waals surface area contributed by atoms with Crippen LogP contribution in [0.4, 0.5) is 5.69 Å². The average molecular weight is 271 g/mol. The Hall–Kier alpha value is -1.56. The van der Waals surface area contributed by atoms with Gasteiger partial charge in [0.15, 0.2) is 0 Å². The molecule has 0 saturated heterocycles. The minimum atomic E-state index is -3.61. The maximum Gasteiger partial charge on any atom is 0.304 e. The minimum absolute atomic E-state index is 0.404. The van der Waals surface area contributed by atoms with Gasteiger partial charge < -0.3 is 5.11 Å². The zero-order valence-electron chi connectivity index (χ0n) is 10.6. The van der Waals surface area contributed by atoms with Gasteiger partial charge in [-0.3, -0.25) is 9.52 Å². The van der Waals surface area contributed by atoms with Gasteiger partial charge in [0.1, 0.15) is 0 Å². The second-order valence-corrected chi connectivity index (χ2v) is 6.16. The van der Waals surface area contributed by atoms with Gasteiger partial charge in [0, 0.05) is 0 Å². The Bertz CT molecular complexity index is 564. The lowest BCUT2D eigenvalue weighted by Gasteiger charge is -2.12. The summed E-state index contributed by atoms with van der Waals surface area (Å²) in [5.74, 6) is -1.55. The fraction of sp³-hybridized carbons (Fsp3) is 0.417. The van der Waals surface area contributed by atoms with Gasteiger partial charge in [0.2, 0.25) is 10.0 Å². The molecule has 0 aliphatic carbocycles. The number of aryl methyl sites for hydroxylation is 3. The third-order valence-corrected chi connectivity index (χ3v) is 3.96. The number of hydrogen-bond acceptors (Lipinski definition) is 3. The molecule has 1 aromatic carbocycles. The third-order valence-electron chi connectivity index (χ3n) is 2.69. The first kappa shape index (κ1) is 14.5. The number of anilines is 1. The molecule has 1 rings (SSSR count). The summed E-state index contributed by atoms with van der Waals surface area (Å²) in [4.78, 5) is 10.4. The lowest BCUT2D eigenvalue weighted by molar-refractivity contribution is -0.136. The van der Waals surface area contributed by atoms with Crippen molar-refractivity contribution in [3.05, 3.63) is 28.8 Å². The van der Waals surface area contributed by atoms with Gasteiger partial charge in [0.05, 0.1) is 17.9 Å². The highest BCUT2D eigenvalue weighted by molar-refractivity contribution is 7.92. The minimum Gasteiger partial charge on any atom is -0.481 e. The Balaban J connectivity index is 2.91. The zero-order chi connectivity index (χ0) is 13.9. The summed E-state index contributed by atoms with van der Waals surface area (Å²) in [6.07, 6.45) is -0.404. The van der Waals surface area contributed by atoms with Gasteiger partial charge in [-0.2, -0.15) is 0 Å². The molecule has 0 spiro atoms. The summed E-state index contributed by atoms with van der Waals surface area (Å²) < 4.78 is 25.8. The van der Waals surface area contributed by atoms with Gasteiger partial charge in [-0.15, -0.1) is 0 Å². The molecule has 0 aromatic heterocycles. The molecule has 6 heteroatoms. The molecule has 5 nitrogen and oxygen atoms in total. The average Bonchev–Trinajstić information content (AvgIpc) is 2.23. The highest BCUT2D eigenvalue weighted by Crippen LogP contribution is 2.21. The van der Waals surface area contributed by atoms with Gasteiger partial charge >= 0.3 is 5.97 Å². The van der Waals surface area contributed by atoms with Crippen LogP contribution in [-0.2, 0) is 14.8 Å². The molecule has 0 aliphatic rings. The van der Waals surface area contributed by atoms with E-state index in [4.69, 9.17) is 5.11 Å². The van der Waals surface area contributed by atoms with Gasteiger partial charge in [0.25, 0.3) is 0 Å². The quantitative estimate of drug-likeness (QED) is 0.855. The highest BCUT2D eigenvalue weighted by atomic mass is 32.2. The predicted molar refractivity (Wildman–Crippen MR) is 70.3 cm³/mol. The van der Waals surface area contributed by atoms with Crippen molar-refractivity contribution in [3.8, 4) is 0 Å². The smallest absolute Gasteiger partial charge is 0.304 e. The van der Waals surface area contributed by atoms with E-state index in [0.29, 0.717) is 5.69 Å². The highest BCUT2D eigenvalue weighted by Gasteiger charge is 2.14. The molecule has 0 radical (unpaired) electrons. The number of aliphatic carboxylic acids is 1. The van der Waals surface area contributed by atoms with Crippen molar-refractivity contribution in [1.29, 1.82) is 0 Å². The number of nitrogens with one attached hydrogen (secondary N) is 1. The molecule has 0 aliphatic heterocycles. The second kappa shape index (κ2) is 5.39. The van der Waals surface area contributed by atoms with E-state index in [0.717, 1.165) is 16.7 Å². The lowest BCUT2D eigenvalue weighted by Crippen LogP contribution is -2.19. The van der Waals surface area contributed by atoms with E-state index >= 15 is 0 Å². The van der Waals surface area contributed by atoms with Crippen molar-refractivity contribution in [2.75, 3.05) is 10.5 Å². The molecule has 0 amide bonds. The van der Waals surface area contributed by atoms with Crippen molar-refractivity contribution in [2.45, 2.75) is 27.2 Å². The Morgan fingerprint density at radius 3 is 2.28 bits per heavy atom. The molecule has 0 atom stereocenters. The van der Waals surface area contributed by atoms with Crippen molar-refractivity contribution in [1.82, 2.24) is 0 Å². The third kappa shape index (κ3) is 4.03. The Labute approximate surface area is 107 Å². The number of carbonyl (C=O) groups is 1. The SMILES string of the molecule is Cc1cc(C)c(NS(=O)(=O)CCC(=O)O)cc1C. The number of benzene rings is 1. The topological polar surface area (TPSA) is 83.5 Å². The maximum absolute atomic E-state index is 11.7. The summed E-state index contributed by atoms with van der Waals surface area (Å²) in [7, 11) is -3.61. The summed E-state index contributed by atoms with van der Waals surface area (Å²) >= 11 is 0. The van der Waals surface area contributed by atoms with E-state index in [1.165, 1.54) is 0 Å². The first-order chi connectivity index (χ1) is 8.21. The van der Waals surface area contributed by atoms with E-state index in [1.807, 2.05) is 26.8 Å². The molecule has 100 valence electrons. The number of sulfonamides is 1. The van der Waals surface area contributed by atoms with Crippen LogP contribution in [0.5, 0.6) is 0 Å². The maximum atomic E-state index is 11.7. The van der Waals surface area contributed by atoms with Crippen LogP contribution >= 0.6 is 0 Å². The van der Waals surface area contributed by atoms with Crippen LogP contribution in [-0.4, -0.2) is 25.2 Å². The zero-order valence-corrected chi connectivity index (χ0v) is 11.5. The monoisotopic (exact) mass is 271 g/mol. The molecule has 18 heavy (non-hydrogen) atoms. The molecular formula is C12H17NO4S. The van der Waals surface area contributed by atoms with Crippen molar-refractivity contribution < 1.29 is 18.3 Å². The van der Waals surface area contributed by atoms with E-state index in [-0.39, 0.29) is 0 Å². The van der Waals surface area contributed by atoms with Gasteiger partial charge in [-0.1, -0.05) is 6.07 Å². The number of carboxylic acids is 1. The standard InChI is InChI=1S/C12H17NO4S/c1-8-6-10(3)11(7-9(8)2)13-18(16,17)5-4-12(14)15/h6-7,13H,4-5H2,1-3H3,(H,14,15). The fourth-order valence-corrected chi connectivity index (χ4v) is 2.61. The normalized spacial score (nSPS) is 11.3. The van der Waals surface area contributed by atoms with Gasteiger partial charge in [-0.25, -0.2) is 8.42 Å². The molecule has 2 N–H and O–H groups in total. The molecular weight excluding hydrogens is 254 g/mol. The first-order valence-corrected chi connectivity index (χ1v) is 7.16. The fourth-order valence-electron chi connectivity index (χ4n) is 1.51. The summed E-state index contributed by atoms with van der Waals surface area (Å²) in [6, 6.07) is 3.65. The molecule has 0 fully saturated rings. The van der Waals surface area contributed by atoms with E-state index in [1.54, 1.807) is 6.07 Å². The summed E-state index contributed by atoms with van der Waals surface area (Å²) in [6.45, 7) is 5.65. The van der Waals surface area contributed by atoms with E-state index < -0.39 is 28.2 Å². The van der Waals surface area contributed by atoms with Crippen LogP contribution in [0, 0.1) is 20.8 Å². The molecule has 0 bridgehead atoms. The van der Waals surface area contributed by atoms with Crippen LogP contribution in [0.1, 0.15) is 23.1 Å². The van der Waals surface area contributed by atoms with Crippen LogP contribution in [0.25, 0.3) is 0 Å². The summed E-state index contributed by atoms with van der Waals surface area (Å²) in [5, 5.41) is 8.49. The molecule has 0 saturated carbocycles. The number of hydrogen-bond donors (Lipinski definition) is 2. The largest absolute Gasteiger partial charge is 0.481 e. The second-order valence-electron chi connectivity index (χ2n) is 4.32. The van der Waals surface area contributed by atoms with Crippen molar-refractivity contribution >= 4 is 21.7 Å². The molecule has 1 aromatic rings. The van der Waals surface area contributed by atoms with Crippen LogP contribution in [0.2, 0.25) is 0 Å². The van der Waals surface area contributed by atoms with Crippen LogP contribution in [0.3, 0.4) is 0 Å². The van der Waals surface area contributed by atoms with Crippen molar-refractivity contribution in [2.24, 2.45) is 0 Å². The van der Waals surface area contributed by atoms with Crippen molar-refractivity contribution in [3.63, 3.8) is 0 Å². The Morgan fingerprint density at radius 2 is 1.72 bits per heavy atom. The molecule has 0 unspecified atom stereocenters. The van der Waals surface area contributed by atoms with E-state index in [2.05, 4.69) is 4.72 Å². The van der Waals surface area contributed by atoms with Gasteiger partial charge in [-0.05, 0) is 43.5 Å². The predicted octanol–water partition coefficient (Wildman–Crippen LogP) is 1.83. The first-order valence-electron chi connectivity index (χ1n) is 5.51. The Kier molecular flexibility index (Phi) is 4.34.